The van der Waals surface area contributed by atoms with E-state index in [0.29, 0.717) is 12.6 Å². The standard InChI is InChI=1S/C17H23N3O/c1-11-6-7-14(17(3,4)5)15(8-11)21-16-19-12(2)9-13(10-18)20-16/h6-9H,10,18H2,1-5H3. The van der Waals surface area contributed by atoms with Crippen LogP contribution in [0.4, 0.5) is 0 Å². The van der Waals surface area contributed by atoms with E-state index in [1.165, 1.54) is 0 Å². The molecule has 0 saturated carbocycles. The third-order valence-corrected chi connectivity index (χ3v) is 3.24. The molecule has 0 aliphatic rings. The quantitative estimate of drug-likeness (QED) is 0.935. The molecule has 21 heavy (non-hydrogen) atoms. The summed E-state index contributed by atoms with van der Waals surface area (Å²) in [6.45, 7) is 10.8. The van der Waals surface area contributed by atoms with Gasteiger partial charge in [-0.15, -0.1) is 0 Å². The molecule has 0 amide bonds. The van der Waals surface area contributed by atoms with Gasteiger partial charge in [0.2, 0.25) is 0 Å². The Morgan fingerprint density at radius 3 is 2.43 bits per heavy atom. The number of hydrogen-bond acceptors (Lipinski definition) is 4. The monoisotopic (exact) mass is 285 g/mol. The molecule has 0 unspecified atom stereocenters. The minimum absolute atomic E-state index is 0.0104. The Kier molecular flexibility index (Phi) is 4.28. The van der Waals surface area contributed by atoms with E-state index in [1.54, 1.807) is 0 Å². The van der Waals surface area contributed by atoms with Crippen LogP contribution in [0.5, 0.6) is 11.8 Å². The highest BCUT2D eigenvalue weighted by molar-refractivity contribution is 5.42. The summed E-state index contributed by atoms with van der Waals surface area (Å²) >= 11 is 0. The van der Waals surface area contributed by atoms with E-state index in [2.05, 4.69) is 42.9 Å². The molecule has 0 saturated heterocycles. The first-order chi connectivity index (χ1) is 9.79. The summed E-state index contributed by atoms with van der Waals surface area (Å²) < 4.78 is 5.96. The van der Waals surface area contributed by atoms with E-state index >= 15 is 0 Å². The SMILES string of the molecule is Cc1ccc(C(C)(C)C)c(Oc2nc(C)cc(CN)n2)c1. The Morgan fingerprint density at radius 2 is 1.81 bits per heavy atom. The molecule has 4 nitrogen and oxygen atoms in total. The van der Waals surface area contributed by atoms with Crippen LogP contribution in [-0.4, -0.2) is 9.97 Å². The second kappa shape index (κ2) is 5.82. The van der Waals surface area contributed by atoms with Gasteiger partial charge in [0.15, 0.2) is 0 Å². The van der Waals surface area contributed by atoms with Crippen LogP contribution in [0.15, 0.2) is 24.3 Å². The van der Waals surface area contributed by atoms with Crippen molar-refractivity contribution in [2.45, 2.75) is 46.6 Å². The van der Waals surface area contributed by atoms with Gasteiger partial charge in [-0.05, 0) is 37.0 Å². The van der Waals surface area contributed by atoms with Crippen molar-refractivity contribution >= 4 is 0 Å². The molecule has 0 aliphatic heterocycles. The molecule has 0 radical (unpaired) electrons. The van der Waals surface area contributed by atoms with Crippen LogP contribution >= 0.6 is 0 Å². The predicted molar refractivity (Wildman–Crippen MR) is 84.6 cm³/mol. The first kappa shape index (κ1) is 15.4. The lowest BCUT2D eigenvalue weighted by molar-refractivity contribution is 0.419. The van der Waals surface area contributed by atoms with Gasteiger partial charge in [0.1, 0.15) is 5.75 Å². The molecule has 0 atom stereocenters. The lowest BCUT2D eigenvalue weighted by atomic mass is 9.86. The van der Waals surface area contributed by atoms with Crippen molar-refractivity contribution in [2.24, 2.45) is 5.73 Å². The molecule has 0 fully saturated rings. The van der Waals surface area contributed by atoms with Gasteiger partial charge in [-0.2, -0.15) is 4.98 Å². The van der Waals surface area contributed by atoms with Crippen LogP contribution in [0, 0.1) is 13.8 Å². The van der Waals surface area contributed by atoms with Crippen molar-refractivity contribution in [1.82, 2.24) is 9.97 Å². The Labute approximate surface area is 126 Å². The zero-order chi connectivity index (χ0) is 15.6. The minimum Gasteiger partial charge on any atom is -0.424 e. The first-order valence-electron chi connectivity index (χ1n) is 7.13. The van der Waals surface area contributed by atoms with Crippen molar-refractivity contribution in [3.63, 3.8) is 0 Å². The molecule has 1 aromatic heterocycles. The number of hydrogen-bond donors (Lipinski definition) is 1. The Morgan fingerprint density at radius 1 is 1.10 bits per heavy atom. The number of rotatable bonds is 3. The van der Waals surface area contributed by atoms with Gasteiger partial charge in [0.25, 0.3) is 0 Å². The van der Waals surface area contributed by atoms with E-state index in [-0.39, 0.29) is 5.41 Å². The van der Waals surface area contributed by atoms with Gasteiger partial charge in [-0.3, -0.25) is 0 Å². The van der Waals surface area contributed by atoms with Crippen molar-refractivity contribution < 1.29 is 4.74 Å². The number of ether oxygens (including phenoxy) is 1. The second-order valence-electron chi connectivity index (χ2n) is 6.34. The summed E-state index contributed by atoms with van der Waals surface area (Å²) in [5, 5.41) is 0. The molecular formula is C17H23N3O. The van der Waals surface area contributed by atoms with E-state index in [1.807, 2.05) is 26.0 Å². The summed E-state index contributed by atoms with van der Waals surface area (Å²) in [6.07, 6.45) is 0. The maximum Gasteiger partial charge on any atom is 0.322 e. The van der Waals surface area contributed by atoms with Gasteiger partial charge >= 0.3 is 6.01 Å². The average molecular weight is 285 g/mol. The molecule has 1 heterocycles. The zero-order valence-corrected chi connectivity index (χ0v) is 13.4. The Balaban J connectivity index is 2.44. The highest BCUT2D eigenvalue weighted by Gasteiger charge is 2.20. The third kappa shape index (κ3) is 3.79. The van der Waals surface area contributed by atoms with E-state index in [0.717, 1.165) is 28.3 Å². The highest BCUT2D eigenvalue weighted by Crippen LogP contribution is 2.34. The Bertz CT molecular complexity index is 645. The fourth-order valence-corrected chi connectivity index (χ4v) is 2.19. The molecule has 2 rings (SSSR count). The predicted octanol–water partition coefficient (Wildman–Crippen LogP) is 3.64. The number of nitrogens with zero attached hydrogens (tertiary/aromatic N) is 2. The topological polar surface area (TPSA) is 61.0 Å². The first-order valence-corrected chi connectivity index (χ1v) is 7.13. The van der Waals surface area contributed by atoms with Crippen molar-refractivity contribution in [1.29, 1.82) is 0 Å². The fourth-order valence-electron chi connectivity index (χ4n) is 2.19. The highest BCUT2D eigenvalue weighted by atomic mass is 16.5. The molecule has 0 aliphatic carbocycles. The van der Waals surface area contributed by atoms with E-state index < -0.39 is 0 Å². The molecule has 0 spiro atoms. The largest absolute Gasteiger partial charge is 0.424 e. The van der Waals surface area contributed by atoms with Crippen molar-refractivity contribution in [2.75, 3.05) is 0 Å². The fraction of sp³-hybridized carbons (Fsp3) is 0.412. The molecule has 2 aromatic rings. The second-order valence-corrected chi connectivity index (χ2v) is 6.34. The normalized spacial score (nSPS) is 11.5. The molecule has 112 valence electrons. The lowest BCUT2D eigenvalue weighted by Crippen LogP contribution is -2.13. The smallest absolute Gasteiger partial charge is 0.322 e. The number of benzene rings is 1. The third-order valence-electron chi connectivity index (χ3n) is 3.24. The van der Waals surface area contributed by atoms with Crippen LogP contribution in [-0.2, 0) is 12.0 Å². The number of aromatic nitrogens is 2. The maximum absolute atomic E-state index is 5.96. The zero-order valence-electron chi connectivity index (χ0n) is 13.4. The molecule has 4 heteroatoms. The van der Waals surface area contributed by atoms with Gasteiger partial charge in [-0.1, -0.05) is 32.9 Å². The van der Waals surface area contributed by atoms with Crippen LogP contribution in [0.3, 0.4) is 0 Å². The molecular weight excluding hydrogens is 262 g/mol. The average Bonchev–Trinajstić information content (AvgIpc) is 2.36. The Hall–Kier alpha value is -1.94. The summed E-state index contributed by atoms with van der Waals surface area (Å²) in [5.41, 5.74) is 9.56. The number of nitrogens with two attached hydrogens (primary N) is 1. The lowest BCUT2D eigenvalue weighted by Gasteiger charge is -2.22. The van der Waals surface area contributed by atoms with Gasteiger partial charge < -0.3 is 10.5 Å². The van der Waals surface area contributed by atoms with Crippen LogP contribution in [0.25, 0.3) is 0 Å². The van der Waals surface area contributed by atoms with E-state index in [4.69, 9.17) is 10.5 Å². The summed E-state index contributed by atoms with van der Waals surface area (Å²) in [6, 6.07) is 8.44. The van der Waals surface area contributed by atoms with Gasteiger partial charge in [0, 0.05) is 17.8 Å². The molecule has 0 bridgehead atoms. The summed E-state index contributed by atoms with van der Waals surface area (Å²) in [5.74, 6) is 0.802. The van der Waals surface area contributed by atoms with Gasteiger partial charge in [-0.25, -0.2) is 4.98 Å². The molecule has 2 N–H and O–H groups in total. The van der Waals surface area contributed by atoms with Crippen LogP contribution in [0.1, 0.15) is 43.3 Å². The minimum atomic E-state index is -0.0104. The van der Waals surface area contributed by atoms with Crippen molar-refractivity contribution in [3.8, 4) is 11.8 Å². The summed E-state index contributed by atoms with van der Waals surface area (Å²) in [4.78, 5) is 8.68. The van der Waals surface area contributed by atoms with Crippen LogP contribution in [0.2, 0.25) is 0 Å². The molecule has 1 aromatic carbocycles. The van der Waals surface area contributed by atoms with Gasteiger partial charge in [0.05, 0.1) is 5.69 Å². The van der Waals surface area contributed by atoms with E-state index in [9.17, 15) is 0 Å². The van der Waals surface area contributed by atoms with Crippen LogP contribution < -0.4 is 10.5 Å². The number of aryl methyl sites for hydroxylation is 2. The maximum atomic E-state index is 5.96. The van der Waals surface area contributed by atoms with Crippen molar-refractivity contribution in [3.05, 3.63) is 46.8 Å². The summed E-state index contributed by atoms with van der Waals surface area (Å²) in [7, 11) is 0.